The molecule has 0 aliphatic heterocycles. The second-order valence-electron chi connectivity index (χ2n) is 5.44. The summed E-state index contributed by atoms with van der Waals surface area (Å²) in [5, 5.41) is 0.752. The second-order valence-corrected chi connectivity index (χ2v) is 5.87. The van der Waals surface area contributed by atoms with Crippen LogP contribution in [0.2, 0.25) is 5.02 Å². The number of nitrogen functional groups attached to an aromatic ring is 1. The highest BCUT2D eigenvalue weighted by molar-refractivity contribution is 6.30. The zero-order chi connectivity index (χ0) is 15.0. The van der Waals surface area contributed by atoms with Gasteiger partial charge in [-0.3, -0.25) is 4.79 Å². The van der Waals surface area contributed by atoms with Crippen LogP contribution in [0, 0.1) is 0 Å². The fraction of sp³-hybridized carbons (Fsp3) is 0.235. The molecule has 0 fully saturated rings. The molecule has 1 amide bonds. The van der Waals surface area contributed by atoms with E-state index in [0.29, 0.717) is 11.3 Å². The summed E-state index contributed by atoms with van der Waals surface area (Å²) in [5.41, 5.74) is 9.43. The number of hydrogen-bond donors (Lipinski definition) is 1. The maximum absolute atomic E-state index is 12.6. The molecule has 2 aromatic carbocycles. The Morgan fingerprint density at radius 2 is 1.95 bits per heavy atom. The molecule has 4 heteroatoms. The smallest absolute Gasteiger partial charge is 0.254 e. The van der Waals surface area contributed by atoms with E-state index in [0.717, 1.165) is 17.9 Å². The van der Waals surface area contributed by atoms with Crippen LogP contribution in [0.1, 0.15) is 33.9 Å². The van der Waals surface area contributed by atoms with E-state index in [9.17, 15) is 4.79 Å². The third kappa shape index (κ3) is 2.61. The van der Waals surface area contributed by atoms with Crippen molar-refractivity contribution in [2.75, 3.05) is 12.8 Å². The van der Waals surface area contributed by atoms with Crippen LogP contribution in [0.3, 0.4) is 0 Å². The fourth-order valence-electron chi connectivity index (χ4n) is 2.94. The predicted octanol–water partition coefficient (Wildman–Crippen LogP) is 3.68. The second kappa shape index (κ2) is 5.41. The number of halogens is 1. The van der Waals surface area contributed by atoms with Gasteiger partial charge >= 0.3 is 0 Å². The average Bonchev–Trinajstić information content (AvgIpc) is 2.89. The van der Waals surface area contributed by atoms with Crippen LogP contribution in [-0.2, 0) is 6.42 Å². The summed E-state index contributed by atoms with van der Waals surface area (Å²) >= 11 is 6.03. The van der Waals surface area contributed by atoms with Crippen molar-refractivity contribution in [3.05, 3.63) is 64.2 Å². The van der Waals surface area contributed by atoms with E-state index in [1.165, 1.54) is 11.1 Å². The van der Waals surface area contributed by atoms with Crippen molar-refractivity contribution in [3.63, 3.8) is 0 Å². The Morgan fingerprint density at radius 1 is 1.24 bits per heavy atom. The van der Waals surface area contributed by atoms with Crippen molar-refractivity contribution in [1.29, 1.82) is 0 Å². The maximum Gasteiger partial charge on any atom is 0.254 e. The Bertz CT molecular complexity index is 682. The monoisotopic (exact) mass is 300 g/mol. The van der Waals surface area contributed by atoms with Gasteiger partial charge in [-0.15, -0.1) is 0 Å². The SMILES string of the molecule is CN(C(=O)c1ccc(N)cc1)C1CCc2cc(Cl)ccc21. The minimum Gasteiger partial charge on any atom is -0.399 e. The summed E-state index contributed by atoms with van der Waals surface area (Å²) in [5.74, 6) is 0.0165. The van der Waals surface area contributed by atoms with Crippen LogP contribution in [0.5, 0.6) is 0 Å². The van der Waals surface area contributed by atoms with E-state index >= 15 is 0 Å². The summed E-state index contributed by atoms with van der Waals surface area (Å²) in [6.07, 6.45) is 1.90. The quantitative estimate of drug-likeness (QED) is 0.860. The lowest BCUT2D eigenvalue weighted by Crippen LogP contribution is -2.30. The number of carbonyl (C=O) groups excluding carboxylic acids is 1. The number of amides is 1. The molecule has 1 aliphatic carbocycles. The van der Waals surface area contributed by atoms with E-state index in [1.54, 1.807) is 24.3 Å². The van der Waals surface area contributed by atoms with Gasteiger partial charge in [-0.2, -0.15) is 0 Å². The van der Waals surface area contributed by atoms with Gasteiger partial charge in [-0.05, 0) is 60.4 Å². The van der Waals surface area contributed by atoms with Crippen molar-refractivity contribution < 1.29 is 4.79 Å². The summed E-state index contributed by atoms with van der Waals surface area (Å²) in [6.45, 7) is 0. The van der Waals surface area contributed by atoms with Crippen molar-refractivity contribution >= 4 is 23.2 Å². The molecule has 0 radical (unpaired) electrons. The summed E-state index contributed by atoms with van der Waals surface area (Å²) < 4.78 is 0. The van der Waals surface area contributed by atoms with Crippen LogP contribution < -0.4 is 5.73 Å². The van der Waals surface area contributed by atoms with E-state index in [2.05, 4.69) is 0 Å². The van der Waals surface area contributed by atoms with Crippen LogP contribution in [0.25, 0.3) is 0 Å². The number of carbonyl (C=O) groups is 1. The van der Waals surface area contributed by atoms with Gasteiger partial charge in [0.05, 0.1) is 6.04 Å². The number of rotatable bonds is 2. The van der Waals surface area contributed by atoms with E-state index in [4.69, 9.17) is 17.3 Å². The van der Waals surface area contributed by atoms with Gasteiger partial charge in [0, 0.05) is 23.3 Å². The van der Waals surface area contributed by atoms with Crippen LogP contribution in [-0.4, -0.2) is 17.9 Å². The molecule has 21 heavy (non-hydrogen) atoms. The molecular formula is C17H17ClN2O. The number of anilines is 1. The number of nitrogens with two attached hydrogens (primary N) is 1. The predicted molar refractivity (Wildman–Crippen MR) is 85.5 cm³/mol. The van der Waals surface area contributed by atoms with Gasteiger partial charge in [0.1, 0.15) is 0 Å². The van der Waals surface area contributed by atoms with E-state index in [-0.39, 0.29) is 11.9 Å². The highest BCUT2D eigenvalue weighted by Crippen LogP contribution is 2.36. The molecule has 1 unspecified atom stereocenters. The number of nitrogens with zero attached hydrogens (tertiary/aromatic N) is 1. The Balaban J connectivity index is 1.85. The zero-order valence-electron chi connectivity index (χ0n) is 11.8. The number of benzene rings is 2. The Hall–Kier alpha value is -2.00. The van der Waals surface area contributed by atoms with E-state index in [1.807, 2.05) is 30.1 Å². The van der Waals surface area contributed by atoms with Gasteiger partial charge in [0.2, 0.25) is 0 Å². The van der Waals surface area contributed by atoms with Crippen LogP contribution in [0.4, 0.5) is 5.69 Å². The van der Waals surface area contributed by atoms with Gasteiger partial charge in [0.15, 0.2) is 0 Å². The third-order valence-electron chi connectivity index (χ3n) is 4.10. The first kappa shape index (κ1) is 14.0. The molecule has 3 nitrogen and oxygen atoms in total. The normalized spacial score (nSPS) is 16.6. The lowest BCUT2D eigenvalue weighted by atomic mass is 10.1. The number of hydrogen-bond acceptors (Lipinski definition) is 2. The first-order valence-electron chi connectivity index (χ1n) is 6.97. The average molecular weight is 301 g/mol. The zero-order valence-corrected chi connectivity index (χ0v) is 12.6. The third-order valence-corrected chi connectivity index (χ3v) is 4.33. The summed E-state index contributed by atoms with van der Waals surface area (Å²) in [7, 11) is 1.85. The van der Waals surface area contributed by atoms with Crippen molar-refractivity contribution in [2.45, 2.75) is 18.9 Å². The maximum atomic E-state index is 12.6. The van der Waals surface area contributed by atoms with Gasteiger partial charge in [-0.25, -0.2) is 0 Å². The molecule has 0 heterocycles. The Morgan fingerprint density at radius 3 is 2.67 bits per heavy atom. The molecule has 0 aromatic heterocycles. The summed E-state index contributed by atoms with van der Waals surface area (Å²) in [4.78, 5) is 14.4. The molecule has 3 rings (SSSR count). The largest absolute Gasteiger partial charge is 0.399 e. The van der Waals surface area contributed by atoms with Crippen molar-refractivity contribution in [1.82, 2.24) is 4.90 Å². The molecule has 0 saturated heterocycles. The molecule has 2 aromatic rings. The molecule has 0 bridgehead atoms. The lowest BCUT2D eigenvalue weighted by molar-refractivity contribution is 0.0730. The van der Waals surface area contributed by atoms with Crippen LogP contribution >= 0.6 is 11.6 Å². The minimum absolute atomic E-state index is 0.0165. The van der Waals surface area contributed by atoms with Crippen LogP contribution in [0.15, 0.2) is 42.5 Å². The molecule has 0 spiro atoms. The molecular weight excluding hydrogens is 284 g/mol. The molecule has 108 valence electrons. The first-order chi connectivity index (χ1) is 10.1. The fourth-order valence-corrected chi connectivity index (χ4v) is 3.13. The molecule has 0 saturated carbocycles. The van der Waals surface area contributed by atoms with Crippen molar-refractivity contribution in [2.24, 2.45) is 0 Å². The number of fused-ring (bicyclic) bond motifs is 1. The van der Waals surface area contributed by atoms with Gasteiger partial charge < -0.3 is 10.6 Å². The highest BCUT2D eigenvalue weighted by Gasteiger charge is 2.29. The van der Waals surface area contributed by atoms with E-state index < -0.39 is 0 Å². The minimum atomic E-state index is 0.0165. The summed E-state index contributed by atoms with van der Waals surface area (Å²) in [6, 6.07) is 13.1. The lowest BCUT2D eigenvalue weighted by Gasteiger charge is -2.25. The molecule has 2 N–H and O–H groups in total. The number of aryl methyl sites for hydroxylation is 1. The van der Waals surface area contributed by atoms with Crippen molar-refractivity contribution in [3.8, 4) is 0 Å². The van der Waals surface area contributed by atoms with Gasteiger partial charge in [0.25, 0.3) is 5.91 Å². The Labute approximate surface area is 129 Å². The molecule has 1 atom stereocenters. The standard InChI is InChI=1S/C17H17ClN2O/c1-20(17(21)11-2-6-14(19)7-3-11)16-9-4-12-10-13(18)5-8-15(12)16/h2-3,5-8,10,16H,4,9,19H2,1H3. The topological polar surface area (TPSA) is 46.3 Å². The highest BCUT2D eigenvalue weighted by atomic mass is 35.5. The first-order valence-corrected chi connectivity index (χ1v) is 7.35. The Kier molecular flexibility index (Phi) is 3.60. The molecule has 1 aliphatic rings. The van der Waals surface area contributed by atoms with Gasteiger partial charge in [-0.1, -0.05) is 17.7 Å².